The number of piperazine rings is 1. The van der Waals surface area contributed by atoms with Gasteiger partial charge in [0.05, 0.1) is 24.2 Å². The van der Waals surface area contributed by atoms with Crippen molar-refractivity contribution in [3.8, 4) is 0 Å². The van der Waals surface area contributed by atoms with Gasteiger partial charge in [-0.2, -0.15) is 0 Å². The Morgan fingerprint density at radius 1 is 0.950 bits per heavy atom. The minimum atomic E-state index is -0.388. The Labute approximate surface area is 114 Å². The van der Waals surface area contributed by atoms with E-state index in [1.807, 2.05) is 0 Å². The zero-order chi connectivity index (χ0) is 14.4. The van der Waals surface area contributed by atoms with E-state index in [4.69, 9.17) is 0 Å². The lowest BCUT2D eigenvalue weighted by molar-refractivity contribution is -0.130. The number of carbonyl (C=O) groups is 4. The molecule has 3 rings (SSSR count). The van der Waals surface area contributed by atoms with E-state index < -0.39 is 0 Å². The SMILES string of the molecule is CN1C(=O)c2ccc(N3CC(=O)NC(=O)C3)cc2C1=O. The summed E-state index contributed by atoms with van der Waals surface area (Å²) in [6.07, 6.45) is 0. The summed E-state index contributed by atoms with van der Waals surface area (Å²) < 4.78 is 0. The number of imide groups is 2. The Kier molecular flexibility index (Phi) is 2.56. The third-order valence-electron chi connectivity index (χ3n) is 3.39. The van der Waals surface area contributed by atoms with Gasteiger partial charge in [0.2, 0.25) is 11.8 Å². The zero-order valence-electron chi connectivity index (χ0n) is 10.7. The largest absolute Gasteiger partial charge is 0.353 e. The van der Waals surface area contributed by atoms with Crippen LogP contribution in [0.3, 0.4) is 0 Å². The average Bonchev–Trinajstić information content (AvgIpc) is 2.62. The van der Waals surface area contributed by atoms with Crippen LogP contribution in [-0.4, -0.2) is 48.7 Å². The van der Waals surface area contributed by atoms with Crippen LogP contribution in [0.4, 0.5) is 5.69 Å². The Morgan fingerprint density at radius 3 is 2.20 bits per heavy atom. The van der Waals surface area contributed by atoms with Crippen molar-refractivity contribution in [1.82, 2.24) is 10.2 Å². The maximum atomic E-state index is 11.9. The summed E-state index contributed by atoms with van der Waals surface area (Å²) in [6.45, 7) is 0.0883. The van der Waals surface area contributed by atoms with E-state index in [2.05, 4.69) is 5.32 Å². The molecule has 7 nitrogen and oxygen atoms in total. The van der Waals surface area contributed by atoms with Gasteiger partial charge in [0.1, 0.15) is 0 Å². The van der Waals surface area contributed by atoms with Crippen molar-refractivity contribution in [3.63, 3.8) is 0 Å². The fraction of sp³-hybridized carbons (Fsp3) is 0.231. The average molecular weight is 273 g/mol. The molecule has 0 spiro atoms. The van der Waals surface area contributed by atoms with Crippen LogP contribution in [0.25, 0.3) is 0 Å². The smallest absolute Gasteiger partial charge is 0.261 e. The number of fused-ring (bicyclic) bond motifs is 1. The van der Waals surface area contributed by atoms with Gasteiger partial charge < -0.3 is 4.90 Å². The second-order valence-electron chi connectivity index (χ2n) is 4.73. The molecule has 0 radical (unpaired) electrons. The van der Waals surface area contributed by atoms with Gasteiger partial charge in [-0.3, -0.25) is 29.4 Å². The molecule has 4 amide bonds. The Bertz CT molecular complexity index is 652. The van der Waals surface area contributed by atoms with E-state index in [1.165, 1.54) is 7.05 Å². The summed E-state index contributed by atoms with van der Waals surface area (Å²) in [5.74, 6) is -1.49. The molecule has 7 heteroatoms. The van der Waals surface area contributed by atoms with Gasteiger partial charge in [0.25, 0.3) is 11.8 Å². The number of amides is 4. The predicted octanol–water partition coefficient (Wildman–Crippen LogP) is -0.625. The molecule has 20 heavy (non-hydrogen) atoms. The third kappa shape index (κ3) is 1.75. The number of nitrogens with zero attached hydrogens (tertiary/aromatic N) is 2. The first kappa shape index (κ1) is 12.3. The number of anilines is 1. The summed E-state index contributed by atoms with van der Waals surface area (Å²) in [5.41, 5.74) is 1.21. The number of nitrogens with one attached hydrogen (secondary N) is 1. The van der Waals surface area contributed by atoms with E-state index in [0.29, 0.717) is 16.8 Å². The quantitative estimate of drug-likeness (QED) is 0.689. The minimum absolute atomic E-state index is 0.0441. The van der Waals surface area contributed by atoms with Crippen LogP contribution >= 0.6 is 0 Å². The van der Waals surface area contributed by atoms with Crippen LogP contribution in [0.2, 0.25) is 0 Å². The Balaban J connectivity index is 1.98. The highest BCUT2D eigenvalue weighted by Gasteiger charge is 2.33. The first-order valence-electron chi connectivity index (χ1n) is 6.01. The molecular formula is C13H11N3O4. The first-order chi connectivity index (χ1) is 9.47. The highest BCUT2D eigenvalue weighted by molar-refractivity contribution is 6.21. The van der Waals surface area contributed by atoms with Gasteiger partial charge in [0, 0.05) is 12.7 Å². The van der Waals surface area contributed by atoms with E-state index in [0.717, 1.165) is 4.90 Å². The fourth-order valence-electron chi connectivity index (χ4n) is 2.37. The van der Waals surface area contributed by atoms with Crippen LogP contribution in [0.1, 0.15) is 20.7 Å². The van der Waals surface area contributed by atoms with Crippen molar-refractivity contribution in [2.45, 2.75) is 0 Å². The molecule has 1 aromatic rings. The molecule has 1 aromatic carbocycles. The van der Waals surface area contributed by atoms with Crippen LogP contribution in [0.5, 0.6) is 0 Å². The first-order valence-corrected chi connectivity index (χ1v) is 6.01. The molecule has 0 bridgehead atoms. The number of hydrogen-bond acceptors (Lipinski definition) is 5. The lowest BCUT2D eigenvalue weighted by atomic mass is 10.1. The van der Waals surface area contributed by atoms with Crippen LogP contribution in [0.15, 0.2) is 18.2 Å². The standard InChI is InChI=1S/C13H11N3O4/c1-15-12(19)8-3-2-7(4-9(8)13(15)20)16-5-10(17)14-11(18)6-16/h2-4H,5-6H2,1H3,(H,14,17,18). The lowest BCUT2D eigenvalue weighted by Gasteiger charge is -2.27. The third-order valence-corrected chi connectivity index (χ3v) is 3.39. The zero-order valence-corrected chi connectivity index (χ0v) is 10.7. The lowest BCUT2D eigenvalue weighted by Crippen LogP contribution is -2.51. The molecule has 1 fully saturated rings. The molecule has 102 valence electrons. The molecule has 2 heterocycles. The van der Waals surface area contributed by atoms with Crippen molar-refractivity contribution < 1.29 is 19.2 Å². The van der Waals surface area contributed by atoms with E-state index >= 15 is 0 Å². The molecular weight excluding hydrogens is 262 g/mol. The molecule has 0 unspecified atom stereocenters. The molecule has 1 N–H and O–H groups in total. The maximum absolute atomic E-state index is 11.9. The number of rotatable bonds is 1. The molecule has 2 aliphatic heterocycles. The summed E-state index contributed by atoms with van der Waals surface area (Å²) in [5, 5.41) is 2.21. The summed E-state index contributed by atoms with van der Waals surface area (Å²) in [7, 11) is 1.42. The van der Waals surface area contributed by atoms with E-state index in [9.17, 15) is 19.2 Å². The number of carbonyl (C=O) groups excluding carboxylic acids is 4. The molecule has 0 aliphatic carbocycles. The molecule has 0 aromatic heterocycles. The topological polar surface area (TPSA) is 86.8 Å². The van der Waals surface area contributed by atoms with E-state index in [-0.39, 0.29) is 36.7 Å². The molecule has 0 saturated carbocycles. The van der Waals surface area contributed by atoms with Gasteiger partial charge in [-0.15, -0.1) is 0 Å². The van der Waals surface area contributed by atoms with Crippen molar-refractivity contribution in [2.24, 2.45) is 0 Å². The van der Waals surface area contributed by atoms with Crippen LogP contribution in [0, 0.1) is 0 Å². The van der Waals surface area contributed by atoms with Gasteiger partial charge >= 0.3 is 0 Å². The minimum Gasteiger partial charge on any atom is -0.353 e. The fourth-order valence-corrected chi connectivity index (χ4v) is 2.37. The van der Waals surface area contributed by atoms with Crippen molar-refractivity contribution in [3.05, 3.63) is 29.3 Å². The van der Waals surface area contributed by atoms with Crippen molar-refractivity contribution in [2.75, 3.05) is 25.0 Å². The molecule has 0 atom stereocenters. The monoisotopic (exact) mass is 273 g/mol. The number of benzene rings is 1. The second kappa shape index (κ2) is 4.16. The van der Waals surface area contributed by atoms with Gasteiger partial charge in [0.15, 0.2) is 0 Å². The molecule has 2 aliphatic rings. The highest BCUT2D eigenvalue weighted by Crippen LogP contribution is 2.26. The summed E-state index contributed by atoms with van der Waals surface area (Å²) in [4.78, 5) is 49.0. The van der Waals surface area contributed by atoms with Crippen LogP contribution < -0.4 is 10.2 Å². The summed E-state index contributed by atoms with van der Waals surface area (Å²) >= 11 is 0. The van der Waals surface area contributed by atoms with Gasteiger partial charge in [-0.05, 0) is 18.2 Å². The normalized spacial score (nSPS) is 18.4. The van der Waals surface area contributed by atoms with Crippen LogP contribution in [-0.2, 0) is 9.59 Å². The highest BCUT2D eigenvalue weighted by atomic mass is 16.2. The van der Waals surface area contributed by atoms with Crippen molar-refractivity contribution >= 4 is 29.3 Å². The second-order valence-corrected chi connectivity index (χ2v) is 4.73. The van der Waals surface area contributed by atoms with Crippen molar-refractivity contribution in [1.29, 1.82) is 0 Å². The Hall–Kier alpha value is -2.70. The molecule has 1 saturated heterocycles. The Morgan fingerprint density at radius 2 is 1.55 bits per heavy atom. The van der Waals surface area contributed by atoms with Gasteiger partial charge in [-0.1, -0.05) is 0 Å². The van der Waals surface area contributed by atoms with Gasteiger partial charge in [-0.25, -0.2) is 0 Å². The summed E-state index contributed by atoms with van der Waals surface area (Å²) in [6, 6.07) is 4.73. The number of hydrogen-bond donors (Lipinski definition) is 1. The maximum Gasteiger partial charge on any atom is 0.261 e. The predicted molar refractivity (Wildman–Crippen MR) is 68.2 cm³/mol. The van der Waals surface area contributed by atoms with E-state index in [1.54, 1.807) is 23.1 Å².